The molecule has 13 rings (SSSR count). The first-order valence-electron chi connectivity index (χ1n) is 24.3. The summed E-state index contributed by atoms with van der Waals surface area (Å²) < 4.78 is 25.1. The summed E-state index contributed by atoms with van der Waals surface area (Å²) >= 11 is 0. The highest BCUT2D eigenvalue weighted by atomic mass is 16.4. The average molecular weight is 946 g/mol. The van der Waals surface area contributed by atoms with E-state index in [1.165, 1.54) is 0 Å². The van der Waals surface area contributed by atoms with Gasteiger partial charge in [-0.3, -0.25) is 13.7 Å². The van der Waals surface area contributed by atoms with Crippen molar-refractivity contribution in [3.05, 3.63) is 164 Å². The van der Waals surface area contributed by atoms with Crippen LogP contribution in [0.25, 0.3) is 117 Å². The molecule has 72 heavy (non-hydrogen) atoms. The maximum absolute atomic E-state index is 6.23. The van der Waals surface area contributed by atoms with E-state index in [0.717, 1.165) is 135 Å². The van der Waals surface area contributed by atoms with Crippen LogP contribution in [-0.2, 0) is 16.2 Å². The summed E-state index contributed by atoms with van der Waals surface area (Å²) in [6, 6.07) is 44.4. The first-order valence-corrected chi connectivity index (χ1v) is 24.3. The minimum Gasteiger partial charge on any atom is -0.440 e. The van der Waals surface area contributed by atoms with E-state index in [0.29, 0.717) is 0 Å². The Labute approximate surface area is 414 Å². The lowest BCUT2D eigenvalue weighted by Crippen LogP contribution is -2.10. The van der Waals surface area contributed by atoms with E-state index in [9.17, 15) is 0 Å². The zero-order valence-electron chi connectivity index (χ0n) is 41.6. The Bertz CT molecular complexity index is 3860. The van der Waals surface area contributed by atoms with Gasteiger partial charge in [0.2, 0.25) is 17.7 Å². The number of benzene rings is 7. The molecule has 0 saturated heterocycles. The molecule has 0 radical (unpaired) electrons. The van der Waals surface area contributed by atoms with E-state index in [-0.39, 0.29) is 16.2 Å². The van der Waals surface area contributed by atoms with Crippen molar-refractivity contribution in [3.8, 4) is 50.4 Å². The molecule has 0 fully saturated rings. The van der Waals surface area contributed by atoms with Gasteiger partial charge in [-0.15, -0.1) is 0 Å². The summed E-state index contributed by atoms with van der Waals surface area (Å²) in [6.07, 6.45) is 5.69. The highest BCUT2D eigenvalue weighted by molar-refractivity contribution is 5.90. The first-order chi connectivity index (χ1) is 34.5. The standard InChI is InChI=1S/C60H51N9O3/c1-58(2,3)55-64-43-16-10-37(25-52(43)70-55)34-13-19-49-46(22-34)61-31-67(49)40-28-41(68-32-62-47-23-35(14-20-50(47)68)38-11-17-44-53(26-38)71-56(65-44)59(4,5)6)30-42(29-40)69-33-63-48-24-36(15-21-51(48)69)39-12-18-45-54(27-39)72-57(66-45)60(7,8)9/h10-33H,1-9H3. The predicted molar refractivity (Wildman–Crippen MR) is 285 cm³/mol. The van der Waals surface area contributed by atoms with Gasteiger partial charge in [0.15, 0.2) is 16.7 Å². The van der Waals surface area contributed by atoms with Crippen LogP contribution in [0, 0.1) is 0 Å². The second-order valence-electron chi connectivity index (χ2n) is 22.0. The quantitative estimate of drug-likeness (QED) is 0.160. The fourth-order valence-electron chi connectivity index (χ4n) is 9.47. The molecule has 6 aromatic heterocycles. The minimum atomic E-state index is -0.191. The van der Waals surface area contributed by atoms with Crippen LogP contribution in [-0.4, -0.2) is 43.6 Å². The van der Waals surface area contributed by atoms with Crippen molar-refractivity contribution in [1.29, 1.82) is 0 Å². The molecule has 0 saturated carbocycles. The summed E-state index contributed by atoms with van der Waals surface area (Å²) in [5.74, 6) is 2.16. The maximum atomic E-state index is 6.23. The molecule has 7 aromatic carbocycles. The Balaban J connectivity index is 0.904. The molecule has 12 nitrogen and oxygen atoms in total. The van der Waals surface area contributed by atoms with Crippen molar-refractivity contribution >= 4 is 66.4 Å². The van der Waals surface area contributed by atoms with Crippen LogP contribution in [0.15, 0.2) is 160 Å². The molecule has 354 valence electrons. The van der Waals surface area contributed by atoms with Gasteiger partial charge in [-0.2, -0.15) is 0 Å². The van der Waals surface area contributed by atoms with Gasteiger partial charge in [0.1, 0.15) is 35.5 Å². The first kappa shape index (κ1) is 43.4. The molecule has 6 heterocycles. The molecule has 0 spiro atoms. The fourth-order valence-corrected chi connectivity index (χ4v) is 9.47. The highest BCUT2D eigenvalue weighted by Gasteiger charge is 2.24. The van der Waals surface area contributed by atoms with Crippen LogP contribution >= 0.6 is 0 Å². The second-order valence-corrected chi connectivity index (χ2v) is 22.0. The molecule has 0 aliphatic rings. The van der Waals surface area contributed by atoms with E-state index < -0.39 is 0 Å². The average Bonchev–Trinajstić information content (AvgIpc) is 4.22. The van der Waals surface area contributed by atoms with Gasteiger partial charge in [-0.25, -0.2) is 29.9 Å². The van der Waals surface area contributed by atoms with Crippen molar-refractivity contribution in [2.24, 2.45) is 0 Å². The third-order valence-electron chi connectivity index (χ3n) is 13.5. The summed E-state index contributed by atoms with van der Waals surface area (Å²) in [7, 11) is 0. The Morgan fingerprint density at radius 2 is 0.569 bits per heavy atom. The van der Waals surface area contributed by atoms with Crippen LogP contribution < -0.4 is 0 Å². The molecule has 0 unspecified atom stereocenters. The molecule has 13 aromatic rings. The summed E-state index contributed by atoms with van der Waals surface area (Å²) in [5.41, 5.74) is 18.8. The largest absolute Gasteiger partial charge is 0.440 e. The van der Waals surface area contributed by atoms with Gasteiger partial charge in [-0.05, 0) is 124 Å². The normalized spacial score (nSPS) is 12.8. The number of rotatable bonds is 6. The molecule has 0 aliphatic carbocycles. The number of hydrogen-bond acceptors (Lipinski definition) is 9. The lowest BCUT2D eigenvalue weighted by Gasteiger charge is -2.14. The van der Waals surface area contributed by atoms with Gasteiger partial charge in [0.05, 0.1) is 50.2 Å². The monoisotopic (exact) mass is 945 g/mol. The predicted octanol–water partition coefficient (Wildman–Crippen LogP) is 15.0. The molecular weight excluding hydrogens is 895 g/mol. The van der Waals surface area contributed by atoms with E-state index in [2.05, 4.69) is 185 Å². The van der Waals surface area contributed by atoms with Crippen LogP contribution in [0.2, 0.25) is 0 Å². The molecular formula is C60H51N9O3. The minimum absolute atomic E-state index is 0.191. The van der Waals surface area contributed by atoms with Crippen molar-refractivity contribution in [2.75, 3.05) is 0 Å². The maximum Gasteiger partial charge on any atom is 0.200 e. The van der Waals surface area contributed by atoms with Gasteiger partial charge in [0, 0.05) is 16.2 Å². The Morgan fingerprint density at radius 3 is 0.847 bits per heavy atom. The molecule has 0 bridgehead atoms. The number of fused-ring (bicyclic) bond motifs is 6. The van der Waals surface area contributed by atoms with E-state index in [1.807, 2.05) is 37.2 Å². The third-order valence-corrected chi connectivity index (χ3v) is 13.5. The van der Waals surface area contributed by atoms with Crippen molar-refractivity contribution in [2.45, 2.75) is 78.6 Å². The van der Waals surface area contributed by atoms with Crippen molar-refractivity contribution < 1.29 is 13.3 Å². The molecule has 0 amide bonds. The van der Waals surface area contributed by atoms with Crippen LogP contribution in [0.4, 0.5) is 0 Å². The molecule has 0 N–H and O–H groups in total. The number of aromatic nitrogens is 9. The van der Waals surface area contributed by atoms with E-state index >= 15 is 0 Å². The van der Waals surface area contributed by atoms with Gasteiger partial charge in [-0.1, -0.05) is 98.7 Å². The molecule has 12 heteroatoms. The smallest absolute Gasteiger partial charge is 0.200 e. The van der Waals surface area contributed by atoms with Crippen LogP contribution in [0.1, 0.15) is 80.0 Å². The lowest BCUT2D eigenvalue weighted by atomic mass is 9.97. The topological polar surface area (TPSA) is 132 Å². The van der Waals surface area contributed by atoms with Crippen molar-refractivity contribution in [1.82, 2.24) is 43.6 Å². The zero-order chi connectivity index (χ0) is 49.4. The summed E-state index contributed by atoms with van der Waals surface area (Å²) in [5, 5.41) is 0. The summed E-state index contributed by atoms with van der Waals surface area (Å²) in [4.78, 5) is 29.2. The SMILES string of the molecule is CC(C)(C)c1nc2ccc(-c3ccc4c(c3)ncn4-c3cc(-n4cnc5cc(-c6ccc7nc(C(C)(C)C)oc7c6)ccc54)cc(-n4cnc5cc(-c6ccc7nc(C(C)(C)C)oc7c6)ccc54)c3)cc2o1. The number of hydrogen-bond donors (Lipinski definition) is 0. The fraction of sp³-hybridized carbons (Fsp3) is 0.200. The van der Waals surface area contributed by atoms with Crippen LogP contribution in [0.3, 0.4) is 0 Å². The molecule has 0 aliphatic heterocycles. The number of oxazole rings is 3. The molecule has 0 atom stereocenters. The lowest BCUT2D eigenvalue weighted by molar-refractivity contribution is 0.411. The third kappa shape index (κ3) is 7.35. The highest BCUT2D eigenvalue weighted by Crippen LogP contribution is 2.36. The number of nitrogens with zero attached hydrogens (tertiary/aromatic N) is 9. The van der Waals surface area contributed by atoms with Gasteiger partial charge < -0.3 is 13.3 Å². The van der Waals surface area contributed by atoms with Gasteiger partial charge in [0.25, 0.3) is 0 Å². The zero-order valence-corrected chi connectivity index (χ0v) is 41.6. The van der Waals surface area contributed by atoms with Crippen LogP contribution in [0.5, 0.6) is 0 Å². The Kier molecular flexibility index (Phi) is 9.30. The van der Waals surface area contributed by atoms with E-state index in [1.54, 1.807) is 0 Å². The van der Waals surface area contributed by atoms with Crippen molar-refractivity contribution in [3.63, 3.8) is 0 Å². The summed E-state index contributed by atoms with van der Waals surface area (Å²) in [6.45, 7) is 19.0. The van der Waals surface area contributed by atoms with E-state index in [4.69, 9.17) is 43.2 Å². The second kappa shape index (κ2) is 15.4. The Hall–Kier alpha value is -8.64. The number of imidazole rings is 3. The van der Waals surface area contributed by atoms with Gasteiger partial charge >= 0.3 is 0 Å². The Morgan fingerprint density at radius 1 is 0.306 bits per heavy atom.